The number of rotatable bonds is 2. The van der Waals surface area contributed by atoms with Gasteiger partial charge in [-0.3, -0.25) is 0 Å². The van der Waals surface area contributed by atoms with Gasteiger partial charge in [0.1, 0.15) is 11.4 Å². The van der Waals surface area contributed by atoms with E-state index >= 15 is 0 Å². The average Bonchev–Trinajstić information content (AvgIpc) is 2.31. The molecule has 0 aliphatic heterocycles. The third-order valence-electron chi connectivity index (χ3n) is 3.60. The molecule has 1 fully saturated rings. The van der Waals surface area contributed by atoms with Crippen molar-refractivity contribution in [3.05, 3.63) is 23.8 Å². The first-order valence-electron chi connectivity index (χ1n) is 6.46. The summed E-state index contributed by atoms with van der Waals surface area (Å²) in [5.41, 5.74) is 4.65. The van der Waals surface area contributed by atoms with E-state index in [4.69, 9.17) is 10.5 Å². The lowest BCUT2D eigenvalue weighted by atomic mass is 9.86. The molecule has 1 aliphatic rings. The summed E-state index contributed by atoms with van der Waals surface area (Å²) in [6, 6.07) is 3.26. The van der Waals surface area contributed by atoms with Crippen molar-refractivity contribution in [2.45, 2.75) is 50.8 Å². The smallest absolute Gasteiger partial charge is 0.416 e. The van der Waals surface area contributed by atoms with Gasteiger partial charge in [0.25, 0.3) is 0 Å². The maximum atomic E-state index is 12.5. The number of nitrogen functional groups attached to an aromatic ring is 1. The van der Waals surface area contributed by atoms with Crippen molar-refractivity contribution >= 4 is 5.69 Å². The van der Waals surface area contributed by atoms with Crippen molar-refractivity contribution in [1.82, 2.24) is 0 Å². The van der Waals surface area contributed by atoms with Crippen LogP contribution in [0, 0.1) is 0 Å². The topological polar surface area (TPSA) is 35.2 Å². The van der Waals surface area contributed by atoms with Gasteiger partial charge in [-0.25, -0.2) is 0 Å². The molecule has 0 radical (unpaired) electrons. The van der Waals surface area contributed by atoms with Crippen LogP contribution in [0.1, 0.15) is 44.6 Å². The Morgan fingerprint density at radius 2 is 1.79 bits per heavy atom. The summed E-state index contributed by atoms with van der Waals surface area (Å²) >= 11 is 0. The van der Waals surface area contributed by atoms with E-state index < -0.39 is 11.7 Å². The van der Waals surface area contributed by atoms with Crippen LogP contribution < -0.4 is 10.5 Å². The van der Waals surface area contributed by atoms with Crippen molar-refractivity contribution in [2.24, 2.45) is 0 Å². The van der Waals surface area contributed by atoms with Crippen LogP contribution in [0.25, 0.3) is 0 Å². The number of benzene rings is 1. The molecule has 1 saturated carbocycles. The number of halogens is 3. The largest absolute Gasteiger partial charge is 0.485 e. The summed E-state index contributed by atoms with van der Waals surface area (Å²) in [6.07, 6.45) is 0.790. The van der Waals surface area contributed by atoms with E-state index in [0.29, 0.717) is 5.75 Å². The van der Waals surface area contributed by atoms with E-state index in [9.17, 15) is 13.2 Å². The van der Waals surface area contributed by atoms with E-state index in [2.05, 4.69) is 0 Å². The molecule has 0 aromatic heterocycles. The lowest BCUT2D eigenvalue weighted by Crippen LogP contribution is -2.34. The minimum atomic E-state index is -4.37. The van der Waals surface area contributed by atoms with Crippen LogP contribution in [-0.4, -0.2) is 5.60 Å². The van der Waals surface area contributed by atoms with Crippen LogP contribution in [0.4, 0.5) is 18.9 Å². The fourth-order valence-corrected chi connectivity index (χ4v) is 2.48. The third kappa shape index (κ3) is 3.33. The lowest BCUT2D eigenvalue weighted by Gasteiger charge is -2.34. The van der Waals surface area contributed by atoms with Crippen LogP contribution in [0.15, 0.2) is 18.2 Å². The van der Waals surface area contributed by atoms with Gasteiger partial charge < -0.3 is 10.5 Å². The molecule has 0 atom stereocenters. The molecule has 0 heterocycles. The third-order valence-corrected chi connectivity index (χ3v) is 3.60. The highest BCUT2D eigenvalue weighted by atomic mass is 19.4. The first-order chi connectivity index (χ1) is 8.80. The second kappa shape index (κ2) is 4.94. The van der Waals surface area contributed by atoms with Crippen LogP contribution in [0.2, 0.25) is 0 Å². The monoisotopic (exact) mass is 273 g/mol. The fourth-order valence-electron chi connectivity index (χ4n) is 2.48. The molecule has 0 spiro atoms. The van der Waals surface area contributed by atoms with Gasteiger partial charge in [-0.15, -0.1) is 0 Å². The molecular weight excluding hydrogens is 255 g/mol. The average molecular weight is 273 g/mol. The SMILES string of the molecule is CC1(Oc2ccc(C(F)(F)F)cc2N)CCCCC1. The van der Waals surface area contributed by atoms with Gasteiger partial charge >= 0.3 is 6.18 Å². The molecule has 106 valence electrons. The minimum Gasteiger partial charge on any atom is -0.485 e. The molecule has 5 heteroatoms. The molecule has 2 N–H and O–H groups in total. The van der Waals surface area contributed by atoms with E-state index in [0.717, 1.165) is 37.8 Å². The second-order valence-corrected chi connectivity index (χ2v) is 5.36. The first kappa shape index (κ1) is 14.0. The van der Waals surface area contributed by atoms with E-state index in [1.54, 1.807) is 0 Å². The molecule has 1 aliphatic carbocycles. The second-order valence-electron chi connectivity index (χ2n) is 5.36. The molecule has 2 rings (SSSR count). The Bertz CT molecular complexity index is 450. The summed E-state index contributed by atoms with van der Waals surface area (Å²) in [6.45, 7) is 1.99. The quantitative estimate of drug-likeness (QED) is 0.811. The fraction of sp³-hybridized carbons (Fsp3) is 0.571. The highest BCUT2D eigenvalue weighted by Gasteiger charge is 2.32. The lowest BCUT2D eigenvalue weighted by molar-refractivity contribution is -0.137. The Morgan fingerprint density at radius 1 is 1.16 bits per heavy atom. The minimum absolute atomic E-state index is 0.0432. The summed E-state index contributed by atoms with van der Waals surface area (Å²) in [5, 5.41) is 0. The molecule has 1 aromatic carbocycles. The van der Waals surface area contributed by atoms with Gasteiger partial charge in [0.05, 0.1) is 11.3 Å². The van der Waals surface area contributed by atoms with Crippen LogP contribution in [0.5, 0.6) is 5.75 Å². The van der Waals surface area contributed by atoms with Crippen molar-refractivity contribution in [2.75, 3.05) is 5.73 Å². The van der Waals surface area contributed by atoms with Crippen molar-refractivity contribution < 1.29 is 17.9 Å². The first-order valence-corrected chi connectivity index (χ1v) is 6.46. The zero-order valence-electron chi connectivity index (χ0n) is 10.9. The Labute approximate surface area is 110 Å². The molecule has 0 amide bonds. The van der Waals surface area contributed by atoms with Gasteiger partial charge in [-0.2, -0.15) is 13.2 Å². The highest BCUT2D eigenvalue weighted by Crippen LogP contribution is 2.37. The summed E-state index contributed by atoms with van der Waals surface area (Å²) < 4.78 is 43.5. The van der Waals surface area contributed by atoms with Gasteiger partial charge in [-0.05, 0) is 50.8 Å². The van der Waals surface area contributed by atoms with Gasteiger partial charge in [0.2, 0.25) is 0 Å². The number of hydrogen-bond donors (Lipinski definition) is 1. The Morgan fingerprint density at radius 3 is 2.32 bits per heavy atom. The predicted molar refractivity (Wildman–Crippen MR) is 68.0 cm³/mol. The number of anilines is 1. The number of ether oxygens (including phenoxy) is 1. The molecule has 2 nitrogen and oxygen atoms in total. The molecule has 0 unspecified atom stereocenters. The van der Waals surface area contributed by atoms with Crippen molar-refractivity contribution in [1.29, 1.82) is 0 Å². The summed E-state index contributed by atoms with van der Waals surface area (Å²) in [7, 11) is 0. The van der Waals surface area contributed by atoms with Crippen molar-refractivity contribution in [3.8, 4) is 5.75 Å². The summed E-state index contributed by atoms with van der Waals surface area (Å²) in [4.78, 5) is 0. The Kier molecular flexibility index (Phi) is 3.65. The molecule has 0 saturated heterocycles. The van der Waals surface area contributed by atoms with E-state index in [1.807, 2.05) is 6.92 Å². The van der Waals surface area contributed by atoms with Crippen LogP contribution in [-0.2, 0) is 6.18 Å². The zero-order valence-corrected chi connectivity index (χ0v) is 10.9. The molecule has 0 bridgehead atoms. The normalized spacial score (nSPS) is 19.2. The Hall–Kier alpha value is -1.39. The van der Waals surface area contributed by atoms with Gasteiger partial charge in [-0.1, -0.05) is 6.42 Å². The Balaban J connectivity index is 2.17. The molecular formula is C14H18F3NO. The number of nitrogens with two attached hydrogens (primary N) is 1. The number of alkyl halides is 3. The van der Waals surface area contributed by atoms with Crippen LogP contribution in [0.3, 0.4) is 0 Å². The van der Waals surface area contributed by atoms with Crippen LogP contribution >= 0.6 is 0 Å². The molecule has 19 heavy (non-hydrogen) atoms. The maximum Gasteiger partial charge on any atom is 0.416 e. The van der Waals surface area contributed by atoms with E-state index in [1.165, 1.54) is 12.5 Å². The number of hydrogen-bond acceptors (Lipinski definition) is 2. The van der Waals surface area contributed by atoms with Gasteiger partial charge in [0, 0.05) is 0 Å². The summed E-state index contributed by atoms with van der Waals surface area (Å²) in [5.74, 6) is 0.345. The van der Waals surface area contributed by atoms with Crippen molar-refractivity contribution in [3.63, 3.8) is 0 Å². The maximum absolute atomic E-state index is 12.5. The highest BCUT2D eigenvalue weighted by molar-refractivity contribution is 5.55. The van der Waals surface area contributed by atoms with Gasteiger partial charge in [0.15, 0.2) is 0 Å². The van der Waals surface area contributed by atoms with E-state index in [-0.39, 0.29) is 11.3 Å². The standard InChI is InChI=1S/C14H18F3NO/c1-13(7-3-2-4-8-13)19-12-6-5-10(9-11(12)18)14(15,16)17/h5-6,9H,2-4,7-8,18H2,1H3. The predicted octanol–water partition coefficient (Wildman–Crippen LogP) is 4.39. The zero-order chi connectivity index (χ0) is 14.1. The molecule has 1 aromatic rings.